The molecule has 130 valence electrons. The third kappa shape index (κ3) is 3.69. The lowest BCUT2D eigenvalue weighted by molar-refractivity contribution is -0.160. The second kappa shape index (κ2) is 7.03. The highest BCUT2D eigenvalue weighted by Gasteiger charge is 2.40. The highest BCUT2D eigenvalue weighted by Crippen LogP contribution is 2.30. The van der Waals surface area contributed by atoms with Crippen molar-refractivity contribution in [1.29, 1.82) is 0 Å². The van der Waals surface area contributed by atoms with Gasteiger partial charge < -0.3 is 15.0 Å². The zero-order chi connectivity index (χ0) is 18.0. The summed E-state index contributed by atoms with van der Waals surface area (Å²) in [5.41, 5.74) is 2.78. The Hall–Kier alpha value is -2.73. The third-order valence-corrected chi connectivity index (χ3v) is 4.30. The minimum atomic E-state index is -0.798. The number of rotatable bonds is 3. The molecule has 1 aliphatic rings. The van der Waals surface area contributed by atoms with Crippen molar-refractivity contribution >= 4 is 17.6 Å². The van der Waals surface area contributed by atoms with Crippen LogP contribution in [0.2, 0.25) is 0 Å². The highest BCUT2D eigenvalue weighted by molar-refractivity contribution is 5.95. The van der Waals surface area contributed by atoms with E-state index in [-0.39, 0.29) is 18.4 Å². The maximum atomic E-state index is 12.8. The molecule has 0 saturated carbocycles. The molecule has 0 spiro atoms. The topological polar surface area (TPSA) is 71.5 Å². The number of pyridine rings is 1. The lowest BCUT2D eigenvalue weighted by Crippen LogP contribution is -2.51. The number of nitrogens with zero attached hydrogens (tertiary/aromatic N) is 2. The van der Waals surface area contributed by atoms with Crippen molar-refractivity contribution < 1.29 is 14.3 Å². The average Bonchev–Trinajstić information content (AvgIpc) is 2.58. The van der Waals surface area contributed by atoms with Crippen LogP contribution in [0.4, 0.5) is 5.82 Å². The molecule has 0 radical (unpaired) electrons. The number of benzene rings is 1. The number of amides is 2. The number of nitrogens with one attached hydrogen (secondary N) is 1. The van der Waals surface area contributed by atoms with Crippen LogP contribution in [-0.4, -0.2) is 41.5 Å². The predicted octanol–water partition coefficient (Wildman–Crippen LogP) is 2.24. The minimum absolute atomic E-state index is 0.113. The summed E-state index contributed by atoms with van der Waals surface area (Å²) in [4.78, 5) is 30.7. The summed E-state index contributed by atoms with van der Waals surface area (Å²) in [6, 6.07) is 12.7. The summed E-state index contributed by atoms with van der Waals surface area (Å²) in [6.45, 7) is 3.73. The standard InChI is InChI=1S/C19H21N3O3/c1-12-7-9-14(10-8-12)17-18(25-11-16(23)22(17)3)19(24)21-15-6-4-5-13(2)20-15/h4-10,17-18H,11H2,1-3H3,(H,20,21,24)/t17-,18-/m0/s1. The van der Waals surface area contributed by atoms with Gasteiger partial charge >= 0.3 is 0 Å². The number of aromatic nitrogens is 1. The van der Waals surface area contributed by atoms with Gasteiger partial charge in [0.25, 0.3) is 5.91 Å². The fourth-order valence-electron chi connectivity index (χ4n) is 2.90. The van der Waals surface area contributed by atoms with E-state index < -0.39 is 12.1 Å². The Bertz CT molecular complexity index is 789. The van der Waals surface area contributed by atoms with Crippen molar-refractivity contribution in [1.82, 2.24) is 9.88 Å². The molecule has 1 N–H and O–H groups in total. The zero-order valence-corrected chi connectivity index (χ0v) is 14.5. The van der Waals surface area contributed by atoms with E-state index in [1.807, 2.05) is 50.2 Å². The van der Waals surface area contributed by atoms with Gasteiger partial charge in [-0.2, -0.15) is 0 Å². The summed E-state index contributed by atoms with van der Waals surface area (Å²) >= 11 is 0. The largest absolute Gasteiger partial charge is 0.356 e. The Morgan fingerprint density at radius 2 is 1.92 bits per heavy atom. The van der Waals surface area contributed by atoms with Gasteiger partial charge in [0.1, 0.15) is 12.4 Å². The van der Waals surface area contributed by atoms with Crippen molar-refractivity contribution in [3.8, 4) is 0 Å². The molecule has 2 aromatic rings. The van der Waals surface area contributed by atoms with E-state index >= 15 is 0 Å². The molecule has 2 heterocycles. The van der Waals surface area contributed by atoms with E-state index in [1.54, 1.807) is 18.0 Å². The van der Waals surface area contributed by atoms with Crippen LogP contribution in [0.3, 0.4) is 0 Å². The van der Waals surface area contributed by atoms with Crippen LogP contribution in [0.25, 0.3) is 0 Å². The van der Waals surface area contributed by atoms with E-state index in [9.17, 15) is 9.59 Å². The van der Waals surface area contributed by atoms with Gasteiger partial charge in [0.05, 0.1) is 6.04 Å². The maximum absolute atomic E-state index is 12.8. The van der Waals surface area contributed by atoms with Crippen molar-refractivity contribution in [2.45, 2.75) is 26.0 Å². The molecule has 1 aromatic carbocycles. The summed E-state index contributed by atoms with van der Waals surface area (Å²) in [5, 5.41) is 2.79. The Labute approximate surface area is 146 Å². The van der Waals surface area contributed by atoms with Gasteiger partial charge in [0, 0.05) is 12.7 Å². The number of carbonyl (C=O) groups is 2. The molecule has 2 atom stereocenters. The Balaban J connectivity index is 1.87. The van der Waals surface area contributed by atoms with Crippen LogP contribution < -0.4 is 5.32 Å². The molecule has 0 unspecified atom stereocenters. The van der Waals surface area contributed by atoms with Crippen molar-refractivity contribution in [3.63, 3.8) is 0 Å². The first-order valence-corrected chi connectivity index (χ1v) is 8.14. The molecule has 3 rings (SSSR count). The molecule has 2 amide bonds. The van der Waals surface area contributed by atoms with E-state index in [1.165, 1.54) is 0 Å². The number of ether oxygens (including phenoxy) is 1. The van der Waals surface area contributed by atoms with Gasteiger partial charge in [0.2, 0.25) is 5.91 Å². The second-order valence-corrected chi connectivity index (χ2v) is 6.25. The van der Waals surface area contributed by atoms with Crippen LogP contribution >= 0.6 is 0 Å². The van der Waals surface area contributed by atoms with Crippen LogP contribution in [0, 0.1) is 13.8 Å². The number of anilines is 1. The smallest absolute Gasteiger partial charge is 0.257 e. The molecule has 1 aliphatic heterocycles. The first-order chi connectivity index (χ1) is 12.0. The van der Waals surface area contributed by atoms with Gasteiger partial charge in [-0.15, -0.1) is 0 Å². The molecule has 6 nitrogen and oxygen atoms in total. The highest BCUT2D eigenvalue weighted by atomic mass is 16.5. The normalized spacial score (nSPS) is 20.4. The monoisotopic (exact) mass is 339 g/mol. The van der Waals surface area contributed by atoms with Gasteiger partial charge in [-0.25, -0.2) is 4.98 Å². The lowest BCUT2D eigenvalue weighted by atomic mass is 9.97. The molecule has 1 fully saturated rings. The Morgan fingerprint density at radius 1 is 1.20 bits per heavy atom. The summed E-state index contributed by atoms with van der Waals surface area (Å²) in [5.74, 6) is 0.00198. The van der Waals surface area contributed by atoms with Crippen LogP contribution in [0.5, 0.6) is 0 Å². The van der Waals surface area contributed by atoms with Crippen molar-refractivity contribution in [2.24, 2.45) is 0 Å². The van der Waals surface area contributed by atoms with Crippen LogP contribution in [-0.2, 0) is 14.3 Å². The summed E-state index contributed by atoms with van der Waals surface area (Å²) < 4.78 is 5.59. The van der Waals surface area contributed by atoms with E-state index in [2.05, 4.69) is 10.3 Å². The quantitative estimate of drug-likeness (QED) is 0.931. The average molecular weight is 339 g/mol. The Kier molecular flexibility index (Phi) is 4.81. The molecular weight excluding hydrogens is 318 g/mol. The molecule has 0 aliphatic carbocycles. The minimum Gasteiger partial charge on any atom is -0.356 e. The first kappa shape index (κ1) is 17.1. The van der Waals surface area contributed by atoms with Crippen LogP contribution in [0.1, 0.15) is 22.9 Å². The van der Waals surface area contributed by atoms with E-state index in [4.69, 9.17) is 4.74 Å². The van der Waals surface area contributed by atoms with Gasteiger partial charge in [-0.1, -0.05) is 35.9 Å². The van der Waals surface area contributed by atoms with Crippen LogP contribution in [0.15, 0.2) is 42.5 Å². The molecule has 1 aromatic heterocycles. The number of hydrogen-bond donors (Lipinski definition) is 1. The van der Waals surface area contributed by atoms with Gasteiger partial charge in [-0.3, -0.25) is 9.59 Å². The molecule has 25 heavy (non-hydrogen) atoms. The van der Waals surface area contributed by atoms with Crippen molar-refractivity contribution in [3.05, 3.63) is 59.3 Å². The lowest BCUT2D eigenvalue weighted by Gasteiger charge is -2.38. The van der Waals surface area contributed by atoms with E-state index in [0.717, 1.165) is 16.8 Å². The van der Waals surface area contributed by atoms with Gasteiger partial charge in [0.15, 0.2) is 6.10 Å². The first-order valence-electron chi connectivity index (χ1n) is 8.14. The number of morpholine rings is 1. The number of aryl methyl sites for hydroxylation is 2. The molecule has 6 heteroatoms. The maximum Gasteiger partial charge on any atom is 0.257 e. The molecular formula is C19H21N3O3. The zero-order valence-electron chi connectivity index (χ0n) is 14.5. The number of hydrogen-bond acceptors (Lipinski definition) is 4. The second-order valence-electron chi connectivity index (χ2n) is 6.25. The molecule has 1 saturated heterocycles. The summed E-state index contributed by atoms with van der Waals surface area (Å²) in [7, 11) is 1.70. The fourth-order valence-corrected chi connectivity index (χ4v) is 2.90. The number of carbonyl (C=O) groups excluding carboxylic acids is 2. The molecule has 0 bridgehead atoms. The predicted molar refractivity (Wildman–Crippen MR) is 94.0 cm³/mol. The van der Waals surface area contributed by atoms with Gasteiger partial charge in [-0.05, 0) is 31.5 Å². The Morgan fingerprint density at radius 3 is 2.60 bits per heavy atom. The third-order valence-electron chi connectivity index (χ3n) is 4.30. The van der Waals surface area contributed by atoms with E-state index in [0.29, 0.717) is 5.82 Å². The SMILES string of the molecule is Cc1ccc([C@H]2[C@@H](C(=O)Nc3cccc(C)n3)OCC(=O)N2C)cc1. The fraction of sp³-hybridized carbons (Fsp3) is 0.316. The number of likely N-dealkylation sites (N-methyl/N-ethyl adjacent to an activating group) is 1. The van der Waals surface area contributed by atoms with Crippen molar-refractivity contribution in [2.75, 3.05) is 19.0 Å². The summed E-state index contributed by atoms with van der Waals surface area (Å²) in [6.07, 6.45) is -0.798.